The monoisotopic (exact) mass is 264 g/mol. The van der Waals surface area contributed by atoms with Gasteiger partial charge in [-0.25, -0.2) is 4.98 Å². The zero-order valence-corrected chi connectivity index (χ0v) is 12.6. The topological polar surface area (TPSA) is 24.3 Å². The first-order chi connectivity index (χ1) is 9.15. The van der Waals surface area contributed by atoms with Crippen LogP contribution in [0.3, 0.4) is 0 Å². The summed E-state index contributed by atoms with van der Waals surface area (Å²) in [5.41, 5.74) is 0. The summed E-state index contributed by atoms with van der Waals surface area (Å²) in [5, 5.41) is 0. The normalized spacial score (nSPS) is 20.8. The molecule has 4 heteroatoms. The van der Waals surface area contributed by atoms with Gasteiger partial charge in [0.2, 0.25) is 0 Å². The number of imidazole rings is 1. The molecule has 0 N–H and O–H groups in total. The molecular weight excluding hydrogens is 236 g/mol. The molecule has 1 aliphatic heterocycles. The molecule has 108 valence electrons. The van der Waals surface area contributed by atoms with Crippen LogP contribution in [0.1, 0.15) is 26.7 Å². The Bertz CT molecular complexity index is 347. The summed E-state index contributed by atoms with van der Waals surface area (Å²) >= 11 is 0. The van der Waals surface area contributed by atoms with Crippen LogP contribution < -0.4 is 0 Å². The third kappa shape index (κ3) is 4.62. The van der Waals surface area contributed by atoms with E-state index in [1.807, 2.05) is 18.7 Å². The Morgan fingerprint density at radius 1 is 1.42 bits per heavy atom. The van der Waals surface area contributed by atoms with Crippen LogP contribution in [0.2, 0.25) is 0 Å². The van der Waals surface area contributed by atoms with Crippen molar-refractivity contribution in [3.05, 3.63) is 18.7 Å². The van der Waals surface area contributed by atoms with E-state index >= 15 is 0 Å². The SMILES string of the molecule is CC(C)N1CCC(CN(C)CCCn2ccnc2)C1. The van der Waals surface area contributed by atoms with Gasteiger partial charge in [-0.3, -0.25) is 0 Å². The second-order valence-corrected chi connectivity index (χ2v) is 6.16. The van der Waals surface area contributed by atoms with E-state index in [0.29, 0.717) is 6.04 Å². The fourth-order valence-corrected chi connectivity index (χ4v) is 2.95. The predicted octanol–water partition coefficient (Wildman–Crippen LogP) is 1.94. The van der Waals surface area contributed by atoms with Gasteiger partial charge < -0.3 is 14.4 Å². The lowest BCUT2D eigenvalue weighted by Crippen LogP contribution is -2.32. The van der Waals surface area contributed by atoms with Crippen LogP contribution in [0.15, 0.2) is 18.7 Å². The molecule has 0 bridgehead atoms. The summed E-state index contributed by atoms with van der Waals surface area (Å²) in [6, 6.07) is 0.705. The molecule has 2 heterocycles. The summed E-state index contributed by atoms with van der Waals surface area (Å²) in [6.07, 6.45) is 8.36. The van der Waals surface area contributed by atoms with Crippen molar-refractivity contribution in [3.8, 4) is 0 Å². The van der Waals surface area contributed by atoms with Crippen molar-refractivity contribution in [3.63, 3.8) is 0 Å². The number of likely N-dealkylation sites (tertiary alicyclic amines) is 1. The van der Waals surface area contributed by atoms with Gasteiger partial charge in [-0.2, -0.15) is 0 Å². The number of hydrogen-bond acceptors (Lipinski definition) is 3. The Kier molecular flexibility index (Phi) is 5.40. The van der Waals surface area contributed by atoms with Crippen molar-refractivity contribution >= 4 is 0 Å². The second-order valence-electron chi connectivity index (χ2n) is 6.16. The standard InChI is InChI=1S/C15H28N4/c1-14(2)19-9-5-15(12-19)11-17(3)7-4-8-18-10-6-16-13-18/h6,10,13-15H,4-5,7-9,11-12H2,1-3H3. The minimum absolute atomic E-state index is 0.705. The van der Waals surface area contributed by atoms with Crippen LogP contribution in [0.5, 0.6) is 0 Å². The van der Waals surface area contributed by atoms with Crippen molar-refractivity contribution in [2.75, 3.05) is 33.2 Å². The summed E-state index contributed by atoms with van der Waals surface area (Å²) in [7, 11) is 2.26. The minimum atomic E-state index is 0.705. The van der Waals surface area contributed by atoms with Gasteiger partial charge in [0, 0.05) is 38.1 Å². The Hall–Kier alpha value is -0.870. The number of hydrogen-bond donors (Lipinski definition) is 0. The maximum absolute atomic E-state index is 4.07. The average Bonchev–Trinajstić information content (AvgIpc) is 3.00. The molecule has 19 heavy (non-hydrogen) atoms. The van der Waals surface area contributed by atoms with E-state index in [1.54, 1.807) is 0 Å². The average molecular weight is 264 g/mol. The van der Waals surface area contributed by atoms with Crippen LogP contribution in [0, 0.1) is 5.92 Å². The van der Waals surface area contributed by atoms with Crippen LogP contribution >= 0.6 is 0 Å². The van der Waals surface area contributed by atoms with Gasteiger partial charge in [0.05, 0.1) is 6.33 Å². The van der Waals surface area contributed by atoms with Crippen LogP contribution in [0.4, 0.5) is 0 Å². The highest BCUT2D eigenvalue weighted by molar-refractivity contribution is 4.79. The molecule has 1 unspecified atom stereocenters. The van der Waals surface area contributed by atoms with Crippen molar-refractivity contribution in [2.24, 2.45) is 5.92 Å². The maximum atomic E-state index is 4.07. The third-order valence-electron chi connectivity index (χ3n) is 4.13. The van der Waals surface area contributed by atoms with E-state index in [9.17, 15) is 0 Å². The number of rotatable bonds is 7. The van der Waals surface area contributed by atoms with E-state index < -0.39 is 0 Å². The molecule has 4 nitrogen and oxygen atoms in total. The van der Waals surface area contributed by atoms with E-state index in [2.05, 4.69) is 40.2 Å². The molecule has 1 aliphatic rings. The highest BCUT2D eigenvalue weighted by Crippen LogP contribution is 2.19. The Labute approximate surface area is 117 Å². The molecule has 1 aromatic heterocycles. The van der Waals surface area contributed by atoms with Gasteiger partial charge in [0.15, 0.2) is 0 Å². The molecule has 1 aromatic rings. The number of aromatic nitrogens is 2. The molecule has 0 aliphatic carbocycles. The van der Waals surface area contributed by atoms with Crippen molar-refractivity contribution < 1.29 is 0 Å². The molecule has 2 rings (SSSR count). The Balaban J connectivity index is 1.61. The highest BCUT2D eigenvalue weighted by atomic mass is 15.2. The summed E-state index contributed by atoms with van der Waals surface area (Å²) in [4.78, 5) is 9.16. The molecule has 0 aromatic carbocycles. The first-order valence-electron chi connectivity index (χ1n) is 7.53. The van der Waals surface area contributed by atoms with Crippen LogP contribution in [-0.2, 0) is 6.54 Å². The smallest absolute Gasteiger partial charge is 0.0945 e. The number of nitrogens with zero attached hydrogens (tertiary/aromatic N) is 4. The molecule has 0 radical (unpaired) electrons. The molecule has 1 fully saturated rings. The van der Waals surface area contributed by atoms with E-state index in [4.69, 9.17) is 0 Å². The van der Waals surface area contributed by atoms with Gasteiger partial charge in [-0.05, 0) is 52.7 Å². The molecule has 1 saturated heterocycles. The summed E-state index contributed by atoms with van der Waals surface area (Å²) in [6.45, 7) is 10.7. The fourth-order valence-electron chi connectivity index (χ4n) is 2.95. The van der Waals surface area contributed by atoms with Gasteiger partial charge in [-0.1, -0.05) is 0 Å². The first kappa shape index (κ1) is 14.5. The molecule has 0 amide bonds. The maximum Gasteiger partial charge on any atom is 0.0945 e. The molecule has 0 saturated carbocycles. The van der Waals surface area contributed by atoms with Crippen LogP contribution in [0.25, 0.3) is 0 Å². The summed E-state index contributed by atoms with van der Waals surface area (Å²) < 4.78 is 2.16. The number of aryl methyl sites for hydroxylation is 1. The van der Waals surface area contributed by atoms with Gasteiger partial charge in [0.1, 0.15) is 0 Å². The zero-order valence-electron chi connectivity index (χ0n) is 12.6. The first-order valence-corrected chi connectivity index (χ1v) is 7.53. The van der Waals surface area contributed by atoms with Crippen molar-refractivity contribution in [1.82, 2.24) is 19.4 Å². The highest BCUT2D eigenvalue weighted by Gasteiger charge is 2.24. The lowest BCUT2D eigenvalue weighted by atomic mass is 10.1. The van der Waals surface area contributed by atoms with Crippen molar-refractivity contribution in [2.45, 2.75) is 39.3 Å². The van der Waals surface area contributed by atoms with E-state index in [-0.39, 0.29) is 0 Å². The van der Waals surface area contributed by atoms with Crippen LogP contribution in [-0.4, -0.2) is 58.6 Å². The largest absolute Gasteiger partial charge is 0.337 e. The van der Waals surface area contributed by atoms with Gasteiger partial charge in [0.25, 0.3) is 0 Å². The quantitative estimate of drug-likeness (QED) is 0.752. The minimum Gasteiger partial charge on any atom is -0.337 e. The second kappa shape index (κ2) is 7.06. The van der Waals surface area contributed by atoms with E-state index in [1.165, 1.54) is 39.0 Å². The third-order valence-corrected chi connectivity index (χ3v) is 4.13. The summed E-state index contributed by atoms with van der Waals surface area (Å²) in [5.74, 6) is 0.862. The molecular formula is C15H28N4. The lowest BCUT2D eigenvalue weighted by molar-refractivity contribution is 0.236. The molecule has 0 spiro atoms. The van der Waals surface area contributed by atoms with Crippen molar-refractivity contribution in [1.29, 1.82) is 0 Å². The predicted molar refractivity (Wildman–Crippen MR) is 79.2 cm³/mol. The Morgan fingerprint density at radius 3 is 2.89 bits per heavy atom. The Morgan fingerprint density at radius 2 is 2.26 bits per heavy atom. The molecule has 1 atom stereocenters. The fraction of sp³-hybridized carbons (Fsp3) is 0.800. The zero-order chi connectivity index (χ0) is 13.7. The van der Waals surface area contributed by atoms with E-state index in [0.717, 1.165) is 12.5 Å². The van der Waals surface area contributed by atoms with Gasteiger partial charge >= 0.3 is 0 Å². The lowest BCUT2D eigenvalue weighted by Gasteiger charge is -2.23. The van der Waals surface area contributed by atoms with Gasteiger partial charge in [-0.15, -0.1) is 0 Å².